The first-order valence-electron chi connectivity index (χ1n) is 12.5. The standard InChI is InChI=1S/C34H19NOS/c1-4-12-27-20(8-1)23-17-16-22-24(18-19-31-32(22)26-10-3-6-15-30(26)37-31)33(23)35(27)28-13-7-11-25-21-9-2-5-14-29(21)36-34(25)28/h1-19H. The van der Waals surface area contributed by atoms with Gasteiger partial charge in [-0.2, -0.15) is 0 Å². The molecule has 3 aromatic heterocycles. The molecule has 0 spiro atoms. The number of hydrogen-bond acceptors (Lipinski definition) is 2. The van der Waals surface area contributed by atoms with Gasteiger partial charge >= 0.3 is 0 Å². The number of para-hydroxylation sites is 3. The molecular formula is C34H19NOS. The lowest BCUT2D eigenvalue weighted by Gasteiger charge is -2.11. The molecule has 37 heavy (non-hydrogen) atoms. The Morgan fingerprint density at radius 2 is 1.19 bits per heavy atom. The Morgan fingerprint density at radius 3 is 2.14 bits per heavy atom. The molecule has 0 atom stereocenters. The van der Waals surface area contributed by atoms with E-state index in [0.717, 1.165) is 27.6 Å². The van der Waals surface area contributed by atoms with Crippen molar-refractivity contribution >= 4 is 86.0 Å². The van der Waals surface area contributed by atoms with E-state index in [2.05, 4.69) is 114 Å². The van der Waals surface area contributed by atoms with E-state index in [1.807, 2.05) is 17.4 Å². The minimum absolute atomic E-state index is 0.919. The monoisotopic (exact) mass is 489 g/mol. The second-order valence-electron chi connectivity index (χ2n) is 9.70. The van der Waals surface area contributed by atoms with Crippen molar-refractivity contribution in [3.05, 3.63) is 115 Å². The van der Waals surface area contributed by atoms with Crippen molar-refractivity contribution in [3.63, 3.8) is 0 Å². The molecule has 9 aromatic rings. The van der Waals surface area contributed by atoms with E-state index >= 15 is 0 Å². The third-order valence-corrected chi connectivity index (χ3v) is 8.93. The van der Waals surface area contributed by atoms with Crippen molar-refractivity contribution in [3.8, 4) is 5.69 Å². The summed E-state index contributed by atoms with van der Waals surface area (Å²) in [5.41, 5.74) is 5.33. The van der Waals surface area contributed by atoms with Crippen molar-refractivity contribution in [2.45, 2.75) is 0 Å². The van der Waals surface area contributed by atoms with Gasteiger partial charge in [-0.15, -0.1) is 11.3 Å². The Hall–Kier alpha value is -4.60. The summed E-state index contributed by atoms with van der Waals surface area (Å²) in [5.74, 6) is 0. The first-order valence-corrected chi connectivity index (χ1v) is 13.4. The zero-order valence-electron chi connectivity index (χ0n) is 19.7. The molecule has 0 bridgehead atoms. The van der Waals surface area contributed by atoms with Gasteiger partial charge in [-0.3, -0.25) is 0 Å². The molecule has 0 radical (unpaired) electrons. The Morgan fingerprint density at radius 1 is 0.486 bits per heavy atom. The van der Waals surface area contributed by atoms with Crippen molar-refractivity contribution < 1.29 is 4.42 Å². The molecule has 0 saturated carbocycles. The Bertz CT molecular complexity index is 2370. The summed E-state index contributed by atoms with van der Waals surface area (Å²) in [7, 11) is 0. The molecule has 0 amide bonds. The maximum Gasteiger partial charge on any atom is 0.159 e. The van der Waals surface area contributed by atoms with E-state index in [9.17, 15) is 0 Å². The van der Waals surface area contributed by atoms with E-state index < -0.39 is 0 Å². The van der Waals surface area contributed by atoms with E-state index in [1.165, 1.54) is 52.8 Å². The highest BCUT2D eigenvalue weighted by Crippen LogP contribution is 2.44. The molecule has 3 heterocycles. The number of rotatable bonds is 1. The summed E-state index contributed by atoms with van der Waals surface area (Å²) in [5, 5.41) is 10.0. The molecule has 9 rings (SSSR count). The molecule has 0 fully saturated rings. The van der Waals surface area contributed by atoms with Crippen LogP contribution in [0.25, 0.3) is 80.4 Å². The van der Waals surface area contributed by atoms with Gasteiger partial charge in [0.05, 0.1) is 16.7 Å². The van der Waals surface area contributed by atoms with Gasteiger partial charge in [0.2, 0.25) is 0 Å². The molecule has 0 unspecified atom stereocenters. The fourth-order valence-corrected chi connectivity index (χ4v) is 7.37. The van der Waals surface area contributed by atoms with Gasteiger partial charge < -0.3 is 8.98 Å². The SMILES string of the molecule is c1ccc2c(c1)oc1c(-n3c4ccccc4c4ccc5c(ccc6sc7ccccc7c65)c43)cccc12. The first-order chi connectivity index (χ1) is 18.4. The van der Waals surface area contributed by atoms with Crippen LogP contribution >= 0.6 is 11.3 Å². The second-order valence-corrected chi connectivity index (χ2v) is 10.8. The topological polar surface area (TPSA) is 18.1 Å². The van der Waals surface area contributed by atoms with Crippen LogP contribution in [0.3, 0.4) is 0 Å². The fourth-order valence-electron chi connectivity index (χ4n) is 6.25. The zero-order valence-corrected chi connectivity index (χ0v) is 20.5. The highest BCUT2D eigenvalue weighted by Gasteiger charge is 2.20. The largest absolute Gasteiger partial charge is 0.454 e. The predicted molar refractivity (Wildman–Crippen MR) is 158 cm³/mol. The van der Waals surface area contributed by atoms with Gasteiger partial charge in [0, 0.05) is 47.1 Å². The van der Waals surface area contributed by atoms with Gasteiger partial charge in [-0.25, -0.2) is 0 Å². The molecular weight excluding hydrogens is 470 g/mol. The average Bonchev–Trinajstić information content (AvgIpc) is 3.62. The summed E-state index contributed by atoms with van der Waals surface area (Å²) >= 11 is 1.87. The molecule has 0 aliphatic carbocycles. The van der Waals surface area contributed by atoms with E-state index in [1.54, 1.807) is 0 Å². The predicted octanol–water partition coefficient (Wildman–Crippen LogP) is 10.2. The van der Waals surface area contributed by atoms with Gasteiger partial charge in [0.15, 0.2) is 5.58 Å². The second kappa shape index (κ2) is 7.00. The molecule has 0 saturated heterocycles. The van der Waals surface area contributed by atoms with Gasteiger partial charge in [-0.05, 0) is 35.7 Å². The van der Waals surface area contributed by atoms with Gasteiger partial charge in [0.25, 0.3) is 0 Å². The maximum atomic E-state index is 6.51. The van der Waals surface area contributed by atoms with Gasteiger partial charge in [-0.1, -0.05) is 84.9 Å². The van der Waals surface area contributed by atoms with Crippen LogP contribution < -0.4 is 0 Å². The fraction of sp³-hybridized carbons (Fsp3) is 0. The van der Waals surface area contributed by atoms with E-state index in [0.29, 0.717) is 0 Å². The van der Waals surface area contributed by atoms with Crippen LogP contribution in [0.5, 0.6) is 0 Å². The summed E-state index contributed by atoms with van der Waals surface area (Å²) < 4.78 is 11.6. The number of benzene rings is 6. The Balaban J connectivity index is 1.52. The maximum absolute atomic E-state index is 6.51. The van der Waals surface area contributed by atoms with Crippen LogP contribution in [-0.4, -0.2) is 4.57 Å². The third kappa shape index (κ3) is 2.49. The lowest BCUT2D eigenvalue weighted by atomic mass is 10.0. The van der Waals surface area contributed by atoms with Crippen LogP contribution in [0.2, 0.25) is 0 Å². The first kappa shape index (κ1) is 19.6. The number of nitrogens with zero attached hydrogens (tertiary/aromatic N) is 1. The highest BCUT2D eigenvalue weighted by molar-refractivity contribution is 7.26. The van der Waals surface area contributed by atoms with Crippen LogP contribution in [0.4, 0.5) is 0 Å². The quantitative estimate of drug-likeness (QED) is 0.224. The normalized spacial score (nSPS) is 12.3. The van der Waals surface area contributed by atoms with E-state index in [-0.39, 0.29) is 0 Å². The van der Waals surface area contributed by atoms with Crippen LogP contribution in [0, 0.1) is 0 Å². The number of aromatic nitrogens is 1. The highest BCUT2D eigenvalue weighted by atomic mass is 32.1. The molecule has 0 aliphatic rings. The van der Waals surface area contributed by atoms with Crippen LogP contribution in [0.15, 0.2) is 120 Å². The summed E-state index contributed by atoms with van der Waals surface area (Å²) in [6, 6.07) is 41.5. The molecule has 0 N–H and O–H groups in total. The van der Waals surface area contributed by atoms with Crippen molar-refractivity contribution in [2.24, 2.45) is 0 Å². The van der Waals surface area contributed by atoms with E-state index in [4.69, 9.17) is 4.42 Å². The molecule has 2 nitrogen and oxygen atoms in total. The summed E-state index contributed by atoms with van der Waals surface area (Å²) in [6.45, 7) is 0. The Labute approximate surface area is 215 Å². The van der Waals surface area contributed by atoms with Crippen molar-refractivity contribution in [2.75, 3.05) is 0 Å². The summed E-state index contributed by atoms with van der Waals surface area (Å²) in [4.78, 5) is 0. The van der Waals surface area contributed by atoms with Crippen LogP contribution in [-0.2, 0) is 0 Å². The summed E-state index contributed by atoms with van der Waals surface area (Å²) in [6.07, 6.45) is 0. The van der Waals surface area contributed by atoms with Crippen molar-refractivity contribution in [1.82, 2.24) is 4.57 Å². The molecule has 0 aliphatic heterocycles. The number of furan rings is 1. The van der Waals surface area contributed by atoms with Gasteiger partial charge in [0.1, 0.15) is 5.58 Å². The van der Waals surface area contributed by atoms with Crippen LogP contribution in [0.1, 0.15) is 0 Å². The molecule has 3 heteroatoms. The smallest absolute Gasteiger partial charge is 0.159 e. The number of hydrogen-bond donors (Lipinski definition) is 0. The van der Waals surface area contributed by atoms with Crippen molar-refractivity contribution in [1.29, 1.82) is 0 Å². The zero-order chi connectivity index (χ0) is 24.1. The molecule has 6 aromatic carbocycles. The minimum atomic E-state index is 0.919. The third-order valence-electron chi connectivity index (χ3n) is 7.79. The number of fused-ring (bicyclic) bond motifs is 12. The Kier molecular flexibility index (Phi) is 3.70. The molecule has 172 valence electrons. The number of thiophene rings is 1. The lowest BCUT2D eigenvalue weighted by Crippen LogP contribution is -1.95. The lowest BCUT2D eigenvalue weighted by molar-refractivity contribution is 0.666. The minimum Gasteiger partial charge on any atom is -0.454 e. The average molecular weight is 490 g/mol.